The fourth-order valence-electron chi connectivity index (χ4n) is 3.75. The highest BCUT2D eigenvalue weighted by Gasteiger charge is 2.22. The van der Waals surface area contributed by atoms with Crippen LogP contribution in [0.1, 0.15) is 19.4 Å². The van der Waals surface area contributed by atoms with Gasteiger partial charge in [0.15, 0.2) is 5.65 Å². The van der Waals surface area contributed by atoms with Crippen molar-refractivity contribution in [2.24, 2.45) is 18.1 Å². The van der Waals surface area contributed by atoms with E-state index in [2.05, 4.69) is 10.4 Å². The molecular weight excluding hydrogens is 456 g/mol. The largest absolute Gasteiger partial charge is 0.340 e. The highest BCUT2D eigenvalue weighted by atomic mass is 32.2. The molecule has 0 radical (unpaired) electrons. The first-order valence-electron chi connectivity index (χ1n) is 10.7. The average molecular weight is 483 g/mol. The normalized spacial score (nSPS) is 11.9. The van der Waals surface area contributed by atoms with Crippen LogP contribution < -0.4 is 21.7 Å². The topological polar surface area (TPSA) is 134 Å². The maximum Gasteiger partial charge on any atom is 0.332 e. The predicted molar refractivity (Wildman–Crippen MR) is 131 cm³/mol. The van der Waals surface area contributed by atoms with Gasteiger partial charge in [-0.05, 0) is 35.7 Å². The SMILES string of the molecule is CC(C)Cn1c(=O)n(C)c(=O)c2c(Nc3ccccc3)n(Cc3ccc(S(N)(=O)=O)cc3)nc21. The molecule has 0 aliphatic heterocycles. The lowest BCUT2D eigenvalue weighted by molar-refractivity contribution is 0.498. The molecule has 0 aliphatic rings. The van der Waals surface area contributed by atoms with Gasteiger partial charge in [-0.15, -0.1) is 0 Å². The minimum absolute atomic E-state index is 0.00384. The number of sulfonamides is 1. The summed E-state index contributed by atoms with van der Waals surface area (Å²) in [6, 6.07) is 15.4. The third-order valence-corrected chi connectivity index (χ3v) is 6.32. The van der Waals surface area contributed by atoms with Gasteiger partial charge in [0.2, 0.25) is 10.0 Å². The van der Waals surface area contributed by atoms with E-state index in [1.165, 1.54) is 23.7 Å². The molecule has 0 spiro atoms. The summed E-state index contributed by atoms with van der Waals surface area (Å²) < 4.78 is 27.4. The zero-order valence-electron chi connectivity index (χ0n) is 19.1. The lowest BCUT2D eigenvalue weighted by Crippen LogP contribution is -2.38. The second-order valence-electron chi connectivity index (χ2n) is 8.54. The molecule has 0 atom stereocenters. The molecule has 11 heteroatoms. The molecule has 178 valence electrons. The molecule has 0 amide bonds. The van der Waals surface area contributed by atoms with E-state index in [0.717, 1.165) is 15.8 Å². The Bertz CT molecular complexity index is 1570. The second kappa shape index (κ2) is 8.92. The maximum atomic E-state index is 13.2. The fourth-order valence-corrected chi connectivity index (χ4v) is 4.26. The van der Waals surface area contributed by atoms with Crippen LogP contribution in [0.15, 0.2) is 69.1 Å². The van der Waals surface area contributed by atoms with Crippen molar-refractivity contribution >= 4 is 32.6 Å². The van der Waals surface area contributed by atoms with Crippen molar-refractivity contribution in [3.8, 4) is 0 Å². The number of primary sulfonamides is 1. The number of nitrogens with two attached hydrogens (primary N) is 1. The number of para-hydroxylation sites is 1. The molecule has 2 heterocycles. The number of nitrogens with one attached hydrogen (secondary N) is 1. The lowest BCUT2D eigenvalue weighted by Gasteiger charge is -2.12. The zero-order valence-corrected chi connectivity index (χ0v) is 19.9. The number of hydrogen-bond acceptors (Lipinski definition) is 6. The Hall–Kier alpha value is -3.70. The summed E-state index contributed by atoms with van der Waals surface area (Å²) >= 11 is 0. The Balaban J connectivity index is 1.92. The smallest absolute Gasteiger partial charge is 0.332 e. The Kier molecular flexibility index (Phi) is 6.15. The molecule has 0 aliphatic carbocycles. The summed E-state index contributed by atoms with van der Waals surface area (Å²) in [5.74, 6) is 0.592. The second-order valence-corrected chi connectivity index (χ2v) is 10.1. The van der Waals surface area contributed by atoms with E-state index < -0.39 is 21.3 Å². The van der Waals surface area contributed by atoms with Gasteiger partial charge in [0, 0.05) is 19.3 Å². The summed E-state index contributed by atoms with van der Waals surface area (Å²) in [6.45, 7) is 4.59. The summed E-state index contributed by atoms with van der Waals surface area (Å²) in [5, 5.41) is 13.4. The lowest BCUT2D eigenvalue weighted by atomic mass is 10.2. The molecule has 10 nitrogen and oxygen atoms in total. The molecule has 0 unspecified atom stereocenters. The average Bonchev–Trinajstić information content (AvgIpc) is 3.13. The molecule has 4 aromatic rings. The van der Waals surface area contributed by atoms with Crippen molar-refractivity contribution in [1.29, 1.82) is 0 Å². The van der Waals surface area contributed by atoms with Gasteiger partial charge in [-0.1, -0.05) is 44.2 Å². The van der Waals surface area contributed by atoms with Gasteiger partial charge in [-0.3, -0.25) is 13.9 Å². The molecule has 2 aromatic heterocycles. The van der Waals surface area contributed by atoms with Gasteiger partial charge < -0.3 is 5.32 Å². The number of hydrogen-bond donors (Lipinski definition) is 2. The number of anilines is 2. The molecule has 0 bridgehead atoms. The highest BCUT2D eigenvalue weighted by Crippen LogP contribution is 2.25. The minimum atomic E-state index is -3.81. The van der Waals surface area contributed by atoms with E-state index in [1.54, 1.807) is 16.8 Å². The molecule has 0 saturated carbocycles. The number of aromatic nitrogens is 4. The van der Waals surface area contributed by atoms with Crippen LogP contribution in [0.25, 0.3) is 11.0 Å². The van der Waals surface area contributed by atoms with E-state index in [4.69, 9.17) is 5.14 Å². The van der Waals surface area contributed by atoms with Gasteiger partial charge in [-0.2, -0.15) is 5.10 Å². The third kappa shape index (κ3) is 4.52. The van der Waals surface area contributed by atoms with E-state index in [-0.39, 0.29) is 17.4 Å². The van der Waals surface area contributed by atoms with E-state index in [9.17, 15) is 18.0 Å². The molecule has 34 heavy (non-hydrogen) atoms. The van der Waals surface area contributed by atoms with Crippen molar-refractivity contribution in [1.82, 2.24) is 18.9 Å². The van der Waals surface area contributed by atoms with E-state index >= 15 is 0 Å². The monoisotopic (exact) mass is 482 g/mol. The van der Waals surface area contributed by atoms with Gasteiger partial charge in [0.25, 0.3) is 5.56 Å². The van der Waals surface area contributed by atoms with Gasteiger partial charge in [-0.25, -0.2) is 23.0 Å². The summed E-state index contributed by atoms with van der Waals surface area (Å²) in [4.78, 5) is 26.1. The van der Waals surface area contributed by atoms with Gasteiger partial charge in [0.1, 0.15) is 11.2 Å². The Morgan fingerprint density at radius 2 is 1.68 bits per heavy atom. The Morgan fingerprint density at radius 3 is 2.26 bits per heavy atom. The molecule has 0 saturated heterocycles. The Labute approximate surface area is 196 Å². The number of nitrogens with zero attached hydrogens (tertiary/aromatic N) is 4. The van der Waals surface area contributed by atoms with Crippen molar-refractivity contribution in [2.75, 3.05) is 5.32 Å². The maximum absolute atomic E-state index is 13.2. The van der Waals surface area contributed by atoms with Crippen molar-refractivity contribution in [3.05, 3.63) is 81.0 Å². The van der Waals surface area contributed by atoms with Gasteiger partial charge in [0.05, 0.1) is 11.4 Å². The first kappa shape index (κ1) is 23.5. The predicted octanol–water partition coefficient (Wildman–Crippen LogP) is 1.99. The number of benzene rings is 2. The molecular formula is C23H26N6O4S. The standard InChI is InChI=1S/C23H26N6O4S/c1-15(2)13-28-21-19(22(30)27(3)23(28)31)20(25-17-7-5-4-6-8-17)29(26-21)14-16-9-11-18(12-10-16)34(24,32)33/h4-12,15,25H,13-14H2,1-3H3,(H2,24,32,33). The van der Waals surface area contributed by atoms with Gasteiger partial charge >= 0.3 is 5.69 Å². The van der Waals surface area contributed by atoms with Crippen LogP contribution in [0.2, 0.25) is 0 Å². The summed E-state index contributed by atoms with van der Waals surface area (Å²) in [6.07, 6.45) is 0. The Morgan fingerprint density at radius 1 is 1.03 bits per heavy atom. The quantitative estimate of drug-likeness (QED) is 0.414. The minimum Gasteiger partial charge on any atom is -0.340 e. The number of rotatable bonds is 7. The summed E-state index contributed by atoms with van der Waals surface area (Å²) in [5.41, 5.74) is 0.903. The molecule has 2 aromatic carbocycles. The molecule has 4 rings (SSSR count). The highest BCUT2D eigenvalue weighted by molar-refractivity contribution is 7.89. The first-order chi connectivity index (χ1) is 16.1. The van der Waals surface area contributed by atoms with Crippen LogP contribution in [0.5, 0.6) is 0 Å². The number of fused-ring (bicyclic) bond motifs is 1. The van der Waals surface area contributed by atoms with Crippen molar-refractivity contribution < 1.29 is 8.42 Å². The van der Waals surface area contributed by atoms with Crippen molar-refractivity contribution in [3.63, 3.8) is 0 Å². The van der Waals surface area contributed by atoms with E-state index in [0.29, 0.717) is 23.4 Å². The van der Waals surface area contributed by atoms with Crippen molar-refractivity contribution in [2.45, 2.75) is 31.8 Å². The molecule has 0 fully saturated rings. The van der Waals surface area contributed by atoms with Crippen LogP contribution in [0.4, 0.5) is 11.5 Å². The van der Waals surface area contributed by atoms with Crippen LogP contribution in [0.3, 0.4) is 0 Å². The van der Waals surface area contributed by atoms with Crippen LogP contribution in [-0.2, 0) is 30.2 Å². The first-order valence-corrected chi connectivity index (χ1v) is 12.2. The summed E-state index contributed by atoms with van der Waals surface area (Å²) in [7, 11) is -2.36. The third-order valence-electron chi connectivity index (χ3n) is 5.39. The van der Waals surface area contributed by atoms with Crippen LogP contribution in [-0.4, -0.2) is 27.3 Å². The molecule has 3 N–H and O–H groups in total. The van der Waals surface area contributed by atoms with E-state index in [1.807, 2.05) is 44.2 Å². The zero-order chi connectivity index (χ0) is 24.6. The fraction of sp³-hybridized carbons (Fsp3) is 0.261. The van der Waals surface area contributed by atoms with Crippen LogP contribution >= 0.6 is 0 Å². The van der Waals surface area contributed by atoms with Crippen LogP contribution in [0, 0.1) is 5.92 Å².